The lowest BCUT2D eigenvalue weighted by Crippen LogP contribution is -2.35. The zero-order chi connectivity index (χ0) is 21.8. The highest BCUT2D eigenvalue weighted by molar-refractivity contribution is 7.89. The van der Waals surface area contributed by atoms with Crippen LogP contribution in [0.1, 0.15) is 48.9 Å². The normalized spacial score (nSPS) is 18.0. The summed E-state index contributed by atoms with van der Waals surface area (Å²) in [6.07, 6.45) is 7.53. The summed E-state index contributed by atoms with van der Waals surface area (Å²) in [7, 11) is -3.60. The highest BCUT2D eigenvalue weighted by Crippen LogP contribution is 2.33. The van der Waals surface area contributed by atoms with E-state index in [0.717, 1.165) is 50.9 Å². The molecule has 0 aliphatic carbocycles. The van der Waals surface area contributed by atoms with Crippen molar-refractivity contribution in [2.75, 3.05) is 36.4 Å². The van der Waals surface area contributed by atoms with Gasteiger partial charge in [-0.05, 0) is 62.4 Å². The SMILES string of the molecule is O=C(Nc1cc(S(=O)(=O)N2CCCCC2)ccc1N1CCCCC1)c1ccc(Cl)nc1. The molecule has 1 N–H and O–H groups in total. The van der Waals surface area contributed by atoms with E-state index in [0.29, 0.717) is 29.5 Å². The third-order valence-electron chi connectivity index (χ3n) is 5.86. The Labute approximate surface area is 188 Å². The van der Waals surface area contributed by atoms with Crippen molar-refractivity contribution in [1.29, 1.82) is 0 Å². The van der Waals surface area contributed by atoms with Crippen LogP contribution in [0.2, 0.25) is 5.15 Å². The number of halogens is 1. The van der Waals surface area contributed by atoms with E-state index in [1.807, 2.05) is 6.07 Å². The summed E-state index contributed by atoms with van der Waals surface area (Å²) in [4.78, 5) is 19.2. The molecule has 0 atom stereocenters. The van der Waals surface area contributed by atoms with Crippen LogP contribution in [0.25, 0.3) is 0 Å². The fraction of sp³-hybridized carbons (Fsp3) is 0.455. The lowest BCUT2D eigenvalue weighted by atomic mass is 10.1. The molecule has 0 spiro atoms. The van der Waals surface area contributed by atoms with Crippen molar-refractivity contribution in [1.82, 2.24) is 9.29 Å². The number of hydrogen-bond acceptors (Lipinski definition) is 5. The summed E-state index contributed by atoms with van der Waals surface area (Å²) in [6, 6.07) is 8.22. The van der Waals surface area contributed by atoms with Crippen LogP contribution in [0.3, 0.4) is 0 Å². The molecule has 166 valence electrons. The molecule has 2 aromatic rings. The van der Waals surface area contributed by atoms with E-state index in [1.165, 1.54) is 12.6 Å². The van der Waals surface area contributed by atoms with Gasteiger partial charge in [0.15, 0.2) is 0 Å². The molecule has 1 aromatic carbocycles. The standard InChI is InChI=1S/C22H27ClN4O3S/c23-21-10-7-17(16-24-21)22(28)25-19-15-18(31(29,30)27-13-5-2-6-14-27)8-9-20(19)26-11-3-1-4-12-26/h7-10,15-16H,1-6,11-14H2,(H,25,28). The highest BCUT2D eigenvalue weighted by atomic mass is 35.5. The Balaban J connectivity index is 1.67. The molecule has 2 saturated heterocycles. The molecule has 0 unspecified atom stereocenters. The molecule has 0 saturated carbocycles. The van der Waals surface area contributed by atoms with Gasteiger partial charge in [-0.2, -0.15) is 4.31 Å². The number of aromatic nitrogens is 1. The molecule has 7 nitrogen and oxygen atoms in total. The minimum absolute atomic E-state index is 0.208. The Morgan fingerprint density at radius 3 is 2.26 bits per heavy atom. The van der Waals surface area contributed by atoms with E-state index in [-0.39, 0.29) is 10.8 Å². The fourth-order valence-electron chi connectivity index (χ4n) is 4.15. The molecule has 4 rings (SSSR count). The molecule has 2 aliphatic heterocycles. The number of piperidine rings is 2. The maximum Gasteiger partial charge on any atom is 0.257 e. The summed E-state index contributed by atoms with van der Waals surface area (Å²) < 4.78 is 27.9. The van der Waals surface area contributed by atoms with Crippen LogP contribution in [0.5, 0.6) is 0 Å². The van der Waals surface area contributed by atoms with Gasteiger partial charge in [0.25, 0.3) is 5.91 Å². The molecule has 1 aromatic heterocycles. The molecule has 2 aliphatic rings. The topological polar surface area (TPSA) is 82.6 Å². The number of amides is 1. The smallest absolute Gasteiger partial charge is 0.257 e. The highest BCUT2D eigenvalue weighted by Gasteiger charge is 2.27. The van der Waals surface area contributed by atoms with E-state index in [2.05, 4.69) is 15.2 Å². The Hall–Kier alpha value is -2.16. The van der Waals surface area contributed by atoms with Crippen LogP contribution >= 0.6 is 11.6 Å². The molecular weight excluding hydrogens is 436 g/mol. The average Bonchev–Trinajstić information content (AvgIpc) is 2.80. The van der Waals surface area contributed by atoms with E-state index >= 15 is 0 Å². The number of hydrogen-bond donors (Lipinski definition) is 1. The zero-order valence-corrected chi connectivity index (χ0v) is 19.0. The second-order valence-corrected chi connectivity index (χ2v) is 10.3. The van der Waals surface area contributed by atoms with Gasteiger partial charge in [0.05, 0.1) is 21.8 Å². The predicted molar refractivity (Wildman–Crippen MR) is 122 cm³/mol. The Morgan fingerprint density at radius 2 is 1.61 bits per heavy atom. The summed E-state index contributed by atoms with van der Waals surface area (Å²) in [6.45, 7) is 2.83. The Morgan fingerprint density at radius 1 is 0.935 bits per heavy atom. The zero-order valence-electron chi connectivity index (χ0n) is 17.4. The van der Waals surface area contributed by atoms with Gasteiger partial charge in [0.1, 0.15) is 5.15 Å². The summed E-state index contributed by atoms with van der Waals surface area (Å²) in [5.74, 6) is -0.352. The second kappa shape index (κ2) is 9.54. The molecule has 0 radical (unpaired) electrons. The van der Waals surface area contributed by atoms with Crippen molar-refractivity contribution in [2.24, 2.45) is 0 Å². The van der Waals surface area contributed by atoms with Crippen molar-refractivity contribution in [3.8, 4) is 0 Å². The van der Waals surface area contributed by atoms with E-state index in [9.17, 15) is 13.2 Å². The molecule has 31 heavy (non-hydrogen) atoms. The van der Waals surface area contributed by atoms with Crippen molar-refractivity contribution < 1.29 is 13.2 Å². The van der Waals surface area contributed by atoms with Crippen LogP contribution in [0, 0.1) is 0 Å². The first-order valence-corrected chi connectivity index (χ1v) is 12.6. The number of nitrogens with zero attached hydrogens (tertiary/aromatic N) is 3. The summed E-state index contributed by atoms with van der Waals surface area (Å²) in [5, 5.41) is 3.22. The molecule has 0 bridgehead atoms. The van der Waals surface area contributed by atoms with Crippen LogP contribution in [0.4, 0.5) is 11.4 Å². The molecule has 2 fully saturated rings. The number of nitrogens with one attached hydrogen (secondary N) is 1. The monoisotopic (exact) mass is 462 g/mol. The van der Waals surface area contributed by atoms with Crippen molar-refractivity contribution in [2.45, 2.75) is 43.4 Å². The van der Waals surface area contributed by atoms with Crippen molar-refractivity contribution in [3.05, 3.63) is 47.2 Å². The minimum atomic E-state index is -3.60. The maximum atomic E-state index is 13.2. The molecule has 9 heteroatoms. The van der Waals surface area contributed by atoms with Gasteiger partial charge in [-0.3, -0.25) is 4.79 Å². The first kappa shape index (κ1) is 22.0. The number of pyridine rings is 1. The Bertz CT molecular complexity index is 1030. The minimum Gasteiger partial charge on any atom is -0.370 e. The van der Waals surface area contributed by atoms with Crippen molar-refractivity contribution in [3.63, 3.8) is 0 Å². The Kier molecular flexibility index (Phi) is 6.79. The van der Waals surface area contributed by atoms with Crippen LogP contribution in [-0.4, -0.2) is 49.8 Å². The largest absolute Gasteiger partial charge is 0.370 e. The lowest BCUT2D eigenvalue weighted by molar-refractivity contribution is 0.102. The van der Waals surface area contributed by atoms with Crippen LogP contribution < -0.4 is 10.2 Å². The second-order valence-electron chi connectivity index (χ2n) is 8.02. The van der Waals surface area contributed by atoms with E-state index in [4.69, 9.17) is 11.6 Å². The summed E-state index contributed by atoms with van der Waals surface area (Å²) in [5.41, 5.74) is 1.70. The van der Waals surface area contributed by atoms with Crippen LogP contribution in [0.15, 0.2) is 41.4 Å². The predicted octanol–water partition coefficient (Wildman–Crippen LogP) is 4.15. The summed E-state index contributed by atoms with van der Waals surface area (Å²) >= 11 is 5.83. The first-order valence-electron chi connectivity index (χ1n) is 10.8. The third kappa shape index (κ3) is 5.02. The number of carbonyl (C=O) groups excluding carboxylic acids is 1. The van der Waals surface area contributed by atoms with Gasteiger partial charge in [-0.15, -0.1) is 0 Å². The van der Waals surface area contributed by atoms with Gasteiger partial charge in [0, 0.05) is 32.4 Å². The number of anilines is 2. The third-order valence-corrected chi connectivity index (χ3v) is 7.97. The van der Waals surface area contributed by atoms with Gasteiger partial charge < -0.3 is 10.2 Å². The van der Waals surface area contributed by atoms with Gasteiger partial charge in [-0.25, -0.2) is 13.4 Å². The number of carbonyl (C=O) groups is 1. The number of rotatable bonds is 5. The van der Waals surface area contributed by atoms with E-state index in [1.54, 1.807) is 28.6 Å². The van der Waals surface area contributed by atoms with Crippen LogP contribution in [-0.2, 0) is 10.0 Å². The van der Waals surface area contributed by atoms with Crippen molar-refractivity contribution >= 4 is 38.9 Å². The molecule has 1 amide bonds. The number of sulfonamides is 1. The lowest BCUT2D eigenvalue weighted by Gasteiger charge is -2.31. The number of benzene rings is 1. The van der Waals surface area contributed by atoms with Gasteiger partial charge in [0.2, 0.25) is 10.0 Å². The molecular formula is C22H27ClN4O3S. The van der Waals surface area contributed by atoms with Gasteiger partial charge >= 0.3 is 0 Å². The first-order chi connectivity index (χ1) is 14.9. The van der Waals surface area contributed by atoms with Gasteiger partial charge in [-0.1, -0.05) is 18.0 Å². The quantitative estimate of drug-likeness (QED) is 0.675. The fourth-order valence-corrected chi connectivity index (χ4v) is 5.80. The maximum absolute atomic E-state index is 13.2. The average molecular weight is 463 g/mol. The van der Waals surface area contributed by atoms with E-state index < -0.39 is 10.0 Å². The molecule has 3 heterocycles.